The average Bonchev–Trinajstić information content (AvgIpc) is 2.55. The molecule has 1 saturated heterocycles. The summed E-state index contributed by atoms with van der Waals surface area (Å²) in [5.41, 5.74) is 5.43. The van der Waals surface area contributed by atoms with Crippen LogP contribution in [0.3, 0.4) is 0 Å². The van der Waals surface area contributed by atoms with E-state index in [1.54, 1.807) is 0 Å². The van der Waals surface area contributed by atoms with E-state index in [2.05, 4.69) is 13.8 Å². The topological polar surface area (TPSA) is 46.3 Å². The summed E-state index contributed by atoms with van der Waals surface area (Å²) in [5.74, 6) is 1.46. The second kappa shape index (κ2) is 6.18. The van der Waals surface area contributed by atoms with Crippen molar-refractivity contribution >= 4 is 23.1 Å². The smallest absolute Gasteiger partial charge is 0.222 e. The zero-order valence-electron chi connectivity index (χ0n) is 10.2. The van der Waals surface area contributed by atoms with Crippen LogP contribution in [-0.4, -0.2) is 28.9 Å². The maximum atomic E-state index is 11.7. The van der Waals surface area contributed by atoms with Gasteiger partial charge in [0.25, 0.3) is 0 Å². The Labute approximate surface area is 103 Å². The van der Waals surface area contributed by atoms with Crippen LogP contribution in [-0.2, 0) is 4.79 Å². The summed E-state index contributed by atoms with van der Waals surface area (Å²) >= 11 is 4.82. The van der Waals surface area contributed by atoms with Crippen LogP contribution in [0.4, 0.5) is 0 Å². The van der Waals surface area contributed by atoms with Crippen molar-refractivity contribution < 1.29 is 4.79 Å². The average molecular weight is 242 g/mol. The van der Waals surface area contributed by atoms with Gasteiger partial charge in [-0.2, -0.15) is 0 Å². The zero-order valence-corrected chi connectivity index (χ0v) is 11.1. The van der Waals surface area contributed by atoms with E-state index < -0.39 is 0 Å². The highest BCUT2D eigenvalue weighted by Crippen LogP contribution is 2.24. The van der Waals surface area contributed by atoms with Crippen LogP contribution in [0, 0.1) is 11.8 Å². The molecule has 16 heavy (non-hydrogen) atoms. The van der Waals surface area contributed by atoms with Gasteiger partial charge >= 0.3 is 0 Å². The van der Waals surface area contributed by atoms with Gasteiger partial charge in [0.05, 0.1) is 4.99 Å². The number of hydrogen-bond donors (Lipinski definition) is 1. The Hall–Kier alpha value is -0.640. The molecular formula is C12H22N2OS. The molecule has 3 nitrogen and oxygen atoms in total. The maximum Gasteiger partial charge on any atom is 0.222 e. The number of nitrogens with two attached hydrogens (primary N) is 1. The van der Waals surface area contributed by atoms with E-state index >= 15 is 0 Å². The van der Waals surface area contributed by atoms with Crippen LogP contribution < -0.4 is 5.73 Å². The highest BCUT2D eigenvalue weighted by Gasteiger charge is 2.30. The molecule has 1 aliphatic heterocycles. The molecule has 0 aromatic carbocycles. The normalized spacial score (nSPS) is 20.8. The van der Waals surface area contributed by atoms with Crippen molar-refractivity contribution in [3.63, 3.8) is 0 Å². The molecule has 1 fully saturated rings. The Morgan fingerprint density at radius 1 is 1.56 bits per heavy atom. The molecule has 0 spiro atoms. The molecule has 0 aliphatic carbocycles. The highest BCUT2D eigenvalue weighted by molar-refractivity contribution is 7.80. The van der Waals surface area contributed by atoms with E-state index in [0.717, 1.165) is 38.8 Å². The Morgan fingerprint density at radius 3 is 2.75 bits per heavy atom. The summed E-state index contributed by atoms with van der Waals surface area (Å²) in [4.78, 5) is 14.3. The van der Waals surface area contributed by atoms with Crippen LogP contribution in [0.25, 0.3) is 0 Å². The van der Waals surface area contributed by atoms with Crippen molar-refractivity contribution in [1.82, 2.24) is 4.90 Å². The van der Waals surface area contributed by atoms with Gasteiger partial charge in [-0.15, -0.1) is 0 Å². The van der Waals surface area contributed by atoms with Crippen molar-refractivity contribution in [2.24, 2.45) is 17.6 Å². The minimum atomic E-state index is 0.314. The van der Waals surface area contributed by atoms with Crippen LogP contribution in [0.1, 0.15) is 39.5 Å². The van der Waals surface area contributed by atoms with Crippen LogP contribution in [0.5, 0.6) is 0 Å². The number of hydrogen-bond acceptors (Lipinski definition) is 2. The molecule has 1 amide bonds. The molecule has 1 atom stereocenters. The van der Waals surface area contributed by atoms with Gasteiger partial charge in [0, 0.05) is 19.5 Å². The molecule has 1 rings (SSSR count). The molecule has 1 unspecified atom stereocenters. The fourth-order valence-electron chi connectivity index (χ4n) is 2.07. The van der Waals surface area contributed by atoms with Crippen molar-refractivity contribution in [2.75, 3.05) is 13.1 Å². The van der Waals surface area contributed by atoms with Gasteiger partial charge in [0.15, 0.2) is 0 Å². The van der Waals surface area contributed by atoms with Crippen molar-refractivity contribution in [3.8, 4) is 0 Å². The highest BCUT2D eigenvalue weighted by atomic mass is 32.1. The number of carbonyl (C=O) groups is 1. The molecule has 1 aliphatic rings. The molecule has 0 aromatic heterocycles. The van der Waals surface area contributed by atoms with Crippen molar-refractivity contribution in [2.45, 2.75) is 39.5 Å². The summed E-state index contributed by atoms with van der Waals surface area (Å²) in [6.07, 6.45) is 3.53. The van der Waals surface area contributed by atoms with Crippen molar-refractivity contribution in [3.05, 3.63) is 0 Å². The third kappa shape index (κ3) is 4.08. The lowest BCUT2D eigenvalue weighted by atomic mass is 9.95. The van der Waals surface area contributed by atoms with Gasteiger partial charge in [-0.3, -0.25) is 4.79 Å². The summed E-state index contributed by atoms with van der Waals surface area (Å²) < 4.78 is 0. The molecule has 92 valence electrons. The Kier molecular flexibility index (Phi) is 5.19. The quantitative estimate of drug-likeness (QED) is 0.572. The Morgan fingerprint density at radius 2 is 2.25 bits per heavy atom. The third-order valence-corrected chi connectivity index (χ3v) is 3.49. The third-order valence-electron chi connectivity index (χ3n) is 3.29. The molecule has 2 N–H and O–H groups in total. The summed E-state index contributed by atoms with van der Waals surface area (Å²) in [6, 6.07) is 0. The molecular weight excluding hydrogens is 220 g/mol. The number of rotatable bonds is 6. The minimum Gasteiger partial charge on any atom is -0.393 e. The van der Waals surface area contributed by atoms with Crippen molar-refractivity contribution in [1.29, 1.82) is 0 Å². The molecule has 0 radical (unpaired) electrons. The van der Waals surface area contributed by atoms with E-state index in [9.17, 15) is 4.79 Å². The van der Waals surface area contributed by atoms with Gasteiger partial charge < -0.3 is 10.6 Å². The predicted molar refractivity (Wildman–Crippen MR) is 70.2 cm³/mol. The van der Waals surface area contributed by atoms with Gasteiger partial charge in [-0.05, 0) is 31.1 Å². The van der Waals surface area contributed by atoms with Gasteiger partial charge in [0.1, 0.15) is 0 Å². The van der Waals surface area contributed by atoms with Crippen LogP contribution in [0.15, 0.2) is 0 Å². The fraction of sp³-hybridized carbons (Fsp3) is 0.833. The largest absolute Gasteiger partial charge is 0.393 e. The zero-order chi connectivity index (χ0) is 12.1. The maximum absolute atomic E-state index is 11.7. The Balaban J connectivity index is 2.23. The number of nitrogens with zero attached hydrogens (tertiary/aromatic N) is 1. The first-order chi connectivity index (χ1) is 7.50. The fourth-order valence-corrected chi connectivity index (χ4v) is 2.21. The first-order valence-corrected chi connectivity index (χ1v) is 6.47. The number of thiocarbonyl (C=S) groups is 1. The minimum absolute atomic E-state index is 0.314. The standard InChI is InChI=1S/C12H22N2OS/c1-9(2)10-7-12(15)14(8-10)6-4-3-5-11(13)16/h9-10H,3-8H2,1-2H3,(H2,13,16). The second-order valence-electron chi connectivity index (χ2n) is 4.97. The number of amides is 1. The molecule has 1 heterocycles. The summed E-state index contributed by atoms with van der Waals surface area (Å²) in [7, 11) is 0. The number of unbranched alkanes of at least 4 members (excludes halogenated alkanes) is 1. The monoisotopic (exact) mass is 242 g/mol. The lowest BCUT2D eigenvalue weighted by Gasteiger charge is -2.17. The SMILES string of the molecule is CC(C)C1CC(=O)N(CCCCC(N)=S)C1. The molecule has 0 bridgehead atoms. The van der Waals surface area contributed by atoms with Gasteiger partial charge in [-0.25, -0.2) is 0 Å². The predicted octanol–water partition coefficient (Wildman–Crippen LogP) is 1.95. The first-order valence-electron chi connectivity index (χ1n) is 6.06. The molecule has 0 saturated carbocycles. The molecule has 0 aromatic rings. The second-order valence-corrected chi connectivity index (χ2v) is 5.50. The van der Waals surface area contributed by atoms with Gasteiger partial charge in [0.2, 0.25) is 5.91 Å². The Bertz CT molecular complexity index is 266. The van der Waals surface area contributed by atoms with Gasteiger partial charge in [-0.1, -0.05) is 26.1 Å². The van der Waals surface area contributed by atoms with E-state index in [0.29, 0.717) is 22.7 Å². The lowest BCUT2D eigenvalue weighted by Crippen LogP contribution is -2.27. The molecule has 4 heteroatoms. The van der Waals surface area contributed by atoms with E-state index in [-0.39, 0.29) is 0 Å². The van der Waals surface area contributed by atoms with E-state index in [1.807, 2.05) is 4.90 Å². The number of carbonyl (C=O) groups excluding carboxylic acids is 1. The number of likely N-dealkylation sites (tertiary alicyclic amines) is 1. The van der Waals surface area contributed by atoms with Crippen LogP contribution >= 0.6 is 12.2 Å². The van der Waals surface area contributed by atoms with E-state index in [1.165, 1.54) is 0 Å². The first kappa shape index (κ1) is 13.4. The summed E-state index contributed by atoms with van der Waals surface area (Å²) in [5, 5.41) is 0. The lowest BCUT2D eigenvalue weighted by molar-refractivity contribution is -0.127. The summed E-state index contributed by atoms with van der Waals surface area (Å²) in [6.45, 7) is 6.18. The van der Waals surface area contributed by atoms with E-state index in [4.69, 9.17) is 18.0 Å². The van der Waals surface area contributed by atoms with Crippen LogP contribution in [0.2, 0.25) is 0 Å².